The largest absolute Gasteiger partial charge is 0.467 e. The molecular formula is C111H168N18O19. The van der Waals surface area contributed by atoms with Gasteiger partial charge >= 0.3 is 0 Å². The molecule has 9 amide bonds. The second kappa shape index (κ2) is 54.7. The number of aliphatic hydroxyl groups is 1. The molecular weight excluding hydrogens is 1890 g/mol. The molecule has 0 spiro atoms. The fourth-order valence-electron chi connectivity index (χ4n) is 20.1. The van der Waals surface area contributed by atoms with E-state index in [0.29, 0.717) is 24.8 Å². The van der Waals surface area contributed by atoms with Crippen LogP contribution < -0.4 is 47.9 Å². The normalized spacial score (nSPS) is 21.2. The van der Waals surface area contributed by atoms with Gasteiger partial charge < -0.3 is 137 Å². The fraction of sp³-hybridized carbons (Fsp3) is 0.595. The van der Waals surface area contributed by atoms with Gasteiger partial charge in [0.05, 0.1) is 62.5 Å². The number of likely N-dealkylation sites (N-methyl/N-ethyl adjacent to an activating group) is 11. The van der Waals surface area contributed by atoms with Gasteiger partial charge in [-0.2, -0.15) is 0 Å². The van der Waals surface area contributed by atoms with Crippen molar-refractivity contribution in [2.24, 2.45) is 11.3 Å². The van der Waals surface area contributed by atoms with Crippen molar-refractivity contribution in [2.45, 2.75) is 259 Å². The van der Waals surface area contributed by atoms with Gasteiger partial charge in [-0.3, -0.25) is 43.2 Å². The van der Waals surface area contributed by atoms with E-state index in [-0.39, 0.29) is 124 Å². The second-order valence-electron chi connectivity index (χ2n) is 42.1. The molecule has 37 heteroatoms. The number of aliphatic hydroxyl groups excluding tert-OH is 1. The summed E-state index contributed by atoms with van der Waals surface area (Å²) in [5.74, 6) is 8.18. The van der Waals surface area contributed by atoms with Crippen molar-refractivity contribution in [3.8, 4) is 0 Å². The second-order valence-corrected chi connectivity index (χ2v) is 42.1. The van der Waals surface area contributed by atoms with Gasteiger partial charge in [-0.15, -0.1) is 0 Å². The molecule has 0 aliphatic carbocycles. The van der Waals surface area contributed by atoms with Crippen LogP contribution in [0.15, 0.2) is 151 Å². The number of rotatable bonds is 20. The van der Waals surface area contributed by atoms with Crippen molar-refractivity contribution in [3.63, 3.8) is 0 Å². The van der Waals surface area contributed by atoms with E-state index in [1.165, 1.54) is 0 Å². The van der Waals surface area contributed by atoms with Crippen molar-refractivity contribution in [1.82, 2.24) is 92.0 Å². The molecule has 18 heterocycles. The SMILES string of the molecule is CCC(C)(C)N1CCc2ccoc2C(NC)C1=O.CCCN1CCc2ccoc2C(NC)C1=O.CCN1CCc2ccoc2C(NC)C1=O.CNC1C(=O)N(C(C)(C)C)CCc2ccoc21.CNC1C(=O)N(C(C)C)CCc2ccoc21.CNC1C(=O)N(C)CCc2ccoc21.CNC1C(=O)N(CC(C)(C)C)CCc2ccoc21.CNC1C(=O)N(CC(C)C)CCc2ccoc21.CNC1C(=O)N(CC(C)O)CCc2ccoc21. The Bertz CT molecular complexity index is 5630. The number of carbonyl (C=O) groups is 9. The Hall–Kier alpha value is -11.7. The molecule has 9 aliphatic rings. The molecule has 0 saturated heterocycles. The molecule has 0 fully saturated rings. The lowest BCUT2D eigenvalue weighted by Crippen LogP contribution is -2.50. The molecule has 9 aliphatic heterocycles. The first-order valence-corrected chi connectivity index (χ1v) is 52.5. The van der Waals surface area contributed by atoms with E-state index in [1.807, 2.05) is 117 Å². The maximum absolute atomic E-state index is 12.6. The smallest absolute Gasteiger partial charge is 0.248 e. The zero-order valence-corrected chi connectivity index (χ0v) is 92.3. The molecule has 148 heavy (non-hydrogen) atoms. The highest BCUT2D eigenvalue weighted by molar-refractivity contribution is 5.89. The Labute approximate surface area is 873 Å². The standard InChI is InChI=1S/2C14H22N2O2.2C13H20N2O2.C12H18N2O3.2C12H18N2O2.C11H16N2O2.C10H14N2O2/c1-14(2,3)9-16-7-5-10-6-8-18-12(10)11(15-4)13(16)17;1-5-14(2,3)16-8-6-10-7-9-18-12(10)11(15-4)13(16)17;1-13(2,3)15-7-5-9-6-8-17-11(9)10(14-4)12(15)16;1-9(2)8-15-6-4-10-5-7-17-12(10)11(14-3)13(15)16;1-8(15)7-14-5-3-9-4-6-17-11(9)10(13-2)12(14)16;1-8(2)14-6-4-9-5-7-16-11(9)10(13-3)12(14)15;1-3-6-14-7-4-9-5-8-16-11(9)10(13-2)12(14)15;1-3-13-6-4-8-5-7-15-10(8)9(12-2)11(13)14;1-11-8-9-7(4-6-14-9)3-5-12(2)10(8)13/h6,8,11,15H,5,7,9H2,1-4H3;7,9,11,15H,5-6,8H2,1-4H3;6,8,10,14H,5,7H2,1-4H3;5,7,9,11,14H,4,6,8H2,1-3H3;4,6,8,10,13,15H,3,5,7H2,1-2H3;5,7-8,10,13H,4,6H2,1-3H3;5,8,10,13H,3-4,6-7H2,1-2H3;5,7,9,12H,3-4,6H2,1-2H3;4,6,8,11H,3,5H2,1-2H3. The number of carbonyl (C=O) groups excluding carboxylic acids is 9. The molecule has 0 bridgehead atoms. The van der Waals surface area contributed by atoms with E-state index < -0.39 is 12.1 Å². The number of nitrogens with zero attached hydrogens (tertiary/aromatic N) is 9. The van der Waals surface area contributed by atoms with Crippen LogP contribution in [0.4, 0.5) is 0 Å². The van der Waals surface area contributed by atoms with Gasteiger partial charge in [-0.05, 0) is 312 Å². The average Bonchev–Trinajstić information content (AvgIpc) is 1.67. The Morgan fingerprint density at radius 3 is 0.851 bits per heavy atom. The fourth-order valence-corrected chi connectivity index (χ4v) is 20.1. The first kappa shape index (κ1) is 118. The Balaban J connectivity index is 0.000000170. The molecule has 0 saturated carbocycles. The molecule has 9 aromatic rings. The maximum Gasteiger partial charge on any atom is 0.248 e. The number of β-amino-alcohol motifs (C(OH)–C–C–N with tert-alkyl or cyclic N) is 1. The first-order valence-electron chi connectivity index (χ1n) is 52.5. The summed E-state index contributed by atoms with van der Waals surface area (Å²) < 4.78 is 48.9. The highest BCUT2D eigenvalue weighted by Gasteiger charge is 2.44. The molecule has 10 N–H and O–H groups in total. The predicted octanol–water partition coefficient (Wildman–Crippen LogP) is 11.9. The summed E-state index contributed by atoms with van der Waals surface area (Å²) in [7, 11) is 17.9. The van der Waals surface area contributed by atoms with Crippen molar-refractivity contribution in [2.75, 3.05) is 162 Å². The lowest BCUT2D eigenvalue weighted by Gasteiger charge is -2.38. The zero-order chi connectivity index (χ0) is 108. The van der Waals surface area contributed by atoms with Crippen LogP contribution in [-0.2, 0) is 101 Å². The third kappa shape index (κ3) is 29.1. The minimum absolute atomic E-state index is 0.0397. The zero-order valence-electron chi connectivity index (χ0n) is 92.3. The van der Waals surface area contributed by atoms with Crippen molar-refractivity contribution < 1.29 is 88.0 Å². The quantitative estimate of drug-likeness (QED) is 0.0339. The van der Waals surface area contributed by atoms with Gasteiger partial charge in [0.15, 0.2) is 0 Å². The molecule has 0 aromatic carbocycles. The van der Waals surface area contributed by atoms with Crippen LogP contribution in [0.1, 0.15) is 280 Å². The van der Waals surface area contributed by atoms with E-state index in [2.05, 4.69) is 131 Å². The van der Waals surface area contributed by atoms with Gasteiger partial charge in [0.25, 0.3) is 0 Å². The first-order chi connectivity index (χ1) is 70.6. The molecule has 37 nitrogen and oxygen atoms in total. The Kier molecular flexibility index (Phi) is 43.7. The van der Waals surface area contributed by atoms with E-state index in [1.54, 1.807) is 137 Å². The van der Waals surface area contributed by atoms with Crippen molar-refractivity contribution in [1.29, 1.82) is 0 Å². The third-order valence-electron chi connectivity index (χ3n) is 28.4. The van der Waals surface area contributed by atoms with Crippen molar-refractivity contribution in [3.05, 3.63) is 213 Å². The molecule has 816 valence electrons. The average molecular weight is 2060 g/mol. The summed E-state index contributed by atoms with van der Waals surface area (Å²) in [5, 5.41) is 36.7. The summed E-state index contributed by atoms with van der Waals surface area (Å²) in [5.41, 5.74) is 9.99. The topological polar surface area (TPSA) is 430 Å². The Morgan fingerprint density at radius 1 is 0.311 bits per heavy atom. The van der Waals surface area contributed by atoms with Gasteiger partial charge in [-0.25, -0.2) is 0 Å². The summed E-state index contributed by atoms with van der Waals surface area (Å²) in [6, 6.07) is 14.6. The molecule has 0 radical (unpaired) electrons. The highest BCUT2D eigenvalue weighted by Crippen LogP contribution is 2.37. The van der Waals surface area contributed by atoms with Crippen LogP contribution in [0, 0.1) is 11.3 Å². The van der Waals surface area contributed by atoms with Gasteiger partial charge in [0.2, 0.25) is 53.2 Å². The summed E-state index contributed by atoms with van der Waals surface area (Å²) in [4.78, 5) is 128. The van der Waals surface area contributed by atoms with Gasteiger partial charge in [-0.1, -0.05) is 48.5 Å². The minimum atomic E-state index is -0.513. The molecule has 18 rings (SSSR count). The van der Waals surface area contributed by atoms with E-state index >= 15 is 0 Å². The van der Waals surface area contributed by atoms with Gasteiger partial charge in [0.1, 0.15) is 106 Å². The van der Waals surface area contributed by atoms with Crippen LogP contribution in [0.5, 0.6) is 0 Å². The molecule has 9 aromatic heterocycles. The highest BCUT2D eigenvalue weighted by atomic mass is 16.4. The number of amides is 9. The lowest BCUT2D eigenvalue weighted by molar-refractivity contribution is -0.139. The predicted molar refractivity (Wildman–Crippen MR) is 565 cm³/mol. The maximum atomic E-state index is 12.6. The van der Waals surface area contributed by atoms with Crippen LogP contribution >= 0.6 is 0 Å². The minimum Gasteiger partial charge on any atom is -0.467 e. The van der Waals surface area contributed by atoms with Gasteiger partial charge in [0, 0.05) is 116 Å². The third-order valence-corrected chi connectivity index (χ3v) is 28.4. The summed E-state index contributed by atoms with van der Waals surface area (Å²) >= 11 is 0. The number of furan rings is 9. The van der Waals surface area contributed by atoms with E-state index in [9.17, 15) is 48.3 Å². The van der Waals surface area contributed by atoms with Crippen LogP contribution in [0.25, 0.3) is 0 Å². The number of nitrogens with one attached hydrogen (secondary N) is 9. The Morgan fingerprint density at radius 2 is 0.561 bits per heavy atom. The lowest BCUT2D eigenvalue weighted by atomic mass is 9.96. The van der Waals surface area contributed by atoms with E-state index in [4.69, 9.17) is 39.8 Å². The number of hydrogen-bond acceptors (Lipinski definition) is 28. The van der Waals surface area contributed by atoms with Crippen LogP contribution in [0.3, 0.4) is 0 Å². The monoisotopic (exact) mass is 2060 g/mol. The van der Waals surface area contributed by atoms with Crippen LogP contribution in [-0.4, -0.2) is 288 Å². The summed E-state index contributed by atoms with van der Waals surface area (Å²) in [6.45, 7) is 43.3. The molecule has 10 atom stereocenters. The van der Waals surface area contributed by atoms with E-state index in [0.717, 1.165) is 245 Å². The van der Waals surface area contributed by atoms with Crippen LogP contribution in [0.2, 0.25) is 0 Å². The molecule has 10 unspecified atom stereocenters. The summed E-state index contributed by atoms with van der Waals surface area (Å²) in [6.07, 6.45) is 24.1. The number of hydrogen-bond donors (Lipinski definition) is 10. The van der Waals surface area contributed by atoms with Crippen molar-refractivity contribution >= 4 is 53.2 Å². The number of fused-ring (bicyclic) bond motifs is 9.